The summed E-state index contributed by atoms with van der Waals surface area (Å²) >= 11 is 11.9. The Morgan fingerprint density at radius 1 is 1.45 bits per heavy atom. The van der Waals surface area contributed by atoms with E-state index in [-0.39, 0.29) is 5.82 Å². The van der Waals surface area contributed by atoms with E-state index in [0.717, 1.165) is 5.56 Å². The van der Waals surface area contributed by atoms with E-state index in [1.807, 2.05) is 0 Å². The van der Waals surface area contributed by atoms with Crippen molar-refractivity contribution >= 4 is 43.5 Å². The van der Waals surface area contributed by atoms with Gasteiger partial charge in [0, 0.05) is 5.33 Å². The highest BCUT2D eigenvalue weighted by Gasteiger charge is 2.05. The summed E-state index contributed by atoms with van der Waals surface area (Å²) < 4.78 is 13.2. The lowest BCUT2D eigenvalue weighted by molar-refractivity contribution is 0.620. The molecule has 0 aromatic heterocycles. The summed E-state index contributed by atoms with van der Waals surface area (Å²) in [6.07, 6.45) is 0. The summed E-state index contributed by atoms with van der Waals surface area (Å²) in [6, 6.07) is 3.15. The predicted octanol–water partition coefficient (Wildman–Crippen LogP) is 4.14. The van der Waals surface area contributed by atoms with Gasteiger partial charge in [0.1, 0.15) is 5.82 Å². The first-order valence-corrected chi connectivity index (χ1v) is 5.13. The van der Waals surface area contributed by atoms with Gasteiger partial charge in [-0.15, -0.1) is 0 Å². The molecule has 0 aliphatic heterocycles. The Kier molecular flexibility index (Phi) is 3.34. The molecule has 0 radical (unpaired) electrons. The van der Waals surface area contributed by atoms with Crippen LogP contribution >= 0.6 is 43.5 Å². The molecule has 0 aliphatic carbocycles. The van der Waals surface area contributed by atoms with Crippen molar-refractivity contribution in [1.82, 2.24) is 0 Å². The molecule has 1 rings (SSSR count). The minimum absolute atomic E-state index is 0.323. The molecule has 0 bridgehead atoms. The second-order valence-corrected chi connectivity index (χ2v) is 3.77. The van der Waals surface area contributed by atoms with E-state index < -0.39 is 0 Å². The first-order valence-electron chi connectivity index (χ1n) is 2.84. The van der Waals surface area contributed by atoms with E-state index in [1.165, 1.54) is 6.07 Å². The highest BCUT2D eigenvalue weighted by Crippen LogP contribution is 2.27. The molecule has 0 saturated heterocycles. The van der Waals surface area contributed by atoms with Gasteiger partial charge < -0.3 is 0 Å². The van der Waals surface area contributed by atoms with E-state index in [1.54, 1.807) is 6.07 Å². The fraction of sp³-hybridized carbons (Fsp3) is 0.143. The number of benzene rings is 1. The predicted molar refractivity (Wildman–Crippen MR) is 51.7 cm³/mol. The van der Waals surface area contributed by atoms with Gasteiger partial charge in [0.05, 0.1) is 9.50 Å². The zero-order chi connectivity index (χ0) is 8.43. The van der Waals surface area contributed by atoms with Gasteiger partial charge >= 0.3 is 0 Å². The van der Waals surface area contributed by atoms with E-state index in [9.17, 15) is 4.39 Å². The smallest absolute Gasteiger partial charge is 0.139 e. The summed E-state index contributed by atoms with van der Waals surface area (Å²) in [5.74, 6) is -0.327. The van der Waals surface area contributed by atoms with Gasteiger partial charge in [-0.3, -0.25) is 0 Å². The van der Waals surface area contributed by atoms with Crippen LogP contribution < -0.4 is 0 Å². The average Bonchev–Trinajstić information content (AvgIpc) is 1.99. The summed E-state index contributed by atoms with van der Waals surface area (Å²) in [5.41, 5.74) is 0.829. The number of rotatable bonds is 1. The maximum atomic E-state index is 12.9. The van der Waals surface area contributed by atoms with Gasteiger partial charge in [-0.1, -0.05) is 27.5 Å². The number of alkyl halides is 1. The van der Waals surface area contributed by atoms with Gasteiger partial charge in [0.25, 0.3) is 0 Å². The first kappa shape index (κ1) is 9.49. The van der Waals surface area contributed by atoms with E-state index in [0.29, 0.717) is 14.8 Å². The molecule has 0 amide bonds. The number of hydrogen-bond donors (Lipinski definition) is 0. The highest BCUT2D eigenvalue weighted by atomic mass is 79.9. The second-order valence-electron chi connectivity index (χ2n) is 2.01. The zero-order valence-corrected chi connectivity index (χ0v) is 9.30. The highest BCUT2D eigenvalue weighted by molar-refractivity contribution is 9.10. The third-order valence-corrected chi connectivity index (χ3v) is 3.18. The van der Waals surface area contributed by atoms with Gasteiger partial charge in [-0.2, -0.15) is 0 Å². The van der Waals surface area contributed by atoms with Crippen molar-refractivity contribution in [2.45, 2.75) is 5.33 Å². The molecule has 1 aromatic carbocycles. The fourth-order valence-corrected chi connectivity index (χ4v) is 1.47. The van der Waals surface area contributed by atoms with Crippen molar-refractivity contribution < 1.29 is 4.39 Å². The Bertz CT molecular complexity index is 252. The third-order valence-electron chi connectivity index (χ3n) is 1.20. The van der Waals surface area contributed by atoms with Crippen molar-refractivity contribution in [3.63, 3.8) is 0 Å². The normalized spacial score (nSPS) is 10.2. The molecule has 0 aliphatic rings. The molecule has 0 unspecified atom stereocenters. The van der Waals surface area contributed by atoms with Gasteiger partial charge in [-0.25, -0.2) is 4.39 Å². The molecular weight excluding hydrogens is 298 g/mol. The lowest BCUT2D eigenvalue weighted by Crippen LogP contribution is -1.83. The molecular formula is C7H4Br2ClF. The van der Waals surface area contributed by atoms with Crippen LogP contribution in [0.5, 0.6) is 0 Å². The van der Waals surface area contributed by atoms with Gasteiger partial charge in [0.15, 0.2) is 0 Å². The molecule has 1 aromatic rings. The Morgan fingerprint density at radius 3 is 2.55 bits per heavy atom. The minimum Gasteiger partial charge on any atom is -0.206 e. The minimum atomic E-state index is -0.327. The fourth-order valence-electron chi connectivity index (χ4n) is 0.685. The van der Waals surface area contributed by atoms with Crippen LogP contribution in [0, 0.1) is 5.82 Å². The van der Waals surface area contributed by atoms with Crippen LogP contribution in [0.3, 0.4) is 0 Å². The molecule has 0 heterocycles. The standard InChI is InChI=1S/C7H4Br2ClF/c8-3-4-1-5(10)7(9)6(11)2-4/h1-2H,3H2. The maximum Gasteiger partial charge on any atom is 0.139 e. The molecule has 60 valence electrons. The van der Waals surface area contributed by atoms with Crippen molar-refractivity contribution in [3.8, 4) is 0 Å². The molecule has 11 heavy (non-hydrogen) atoms. The van der Waals surface area contributed by atoms with Crippen LogP contribution in [0.25, 0.3) is 0 Å². The summed E-state index contributed by atoms with van der Waals surface area (Å²) in [4.78, 5) is 0. The third kappa shape index (κ3) is 2.17. The van der Waals surface area contributed by atoms with E-state index in [2.05, 4.69) is 31.9 Å². The average molecular weight is 302 g/mol. The summed E-state index contributed by atoms with van der Waals surface area (Å²) in [7, 11) is 0. The molecule has 0 N–H and O–H groups in total. The zero-order valence-electron chi connectivity index (χ0n) is 5.37. The maximum absolute atomic E-state index is 12.9. The Hall–Kier alpha value is 0.400. The van der Waals surface area contributed by atoms with Crippen molar-refractivity contribution in [1.29, 1.82) is 0 Å². The van der Waals surface area contributed by atoms with Crippen LogP contribution in [0.1, 0.15) is 5.56 Å². The lowest BCUT2D eigenvalue weighted by Gasteiger charge is -2.00. The van der Waals surface area contributed by atoms with Crippen LogP contribution in [-0.4, -0.2) is 0 Å². The van der Waals surface area contributed by atoms with Crippen molar-refractivity contribution in [2.24, 2.45) is 0 Å². The SMILES string of the molecule is Fc1cc(CBr)cc(Cl)c1Br. The Labute approximate surface area is 86.0 Å². The van der Waals surface area contributed by atoms with Crippen LogP contribution in [0.15, 0.2) is 16.6 Å². The van der Waals surface area contributed by atoms with Crippen molar-refractivity contribution in [2.75, 3.05) is 0 Å². The first-order chi connectivity index (χ1) is 5.15. The lowest BCUT2D eigenvalue weighted by atomic mass is 10.2. The molecule has 0 fully saturated rings. The number of halogens is 4. The quantitative estimate of drug-likeness (QED) is 0.540. The summed E-state index contributed by atoms with van der Waals surface area (Å²) in [6.45, 7) is 0. The second kappa shape index (κ2) is 3.87. The van der Waals surface area contributed by atoms with E-state index >= 15 is 0 Å². The van der Waals surface area contributed by atoms with Crippen LogP contribution in [0.2, 0.25) is 5.02 Å². The number of hydrogen-bond acceptors (Lipinski definition) is 0. The Balaban J connectivity index is 3.21. The van der Waals surface area contributed by atoms with Gasteiger partial charge in [-0.05, 0) is 33.6 Å². The molecule has 4 heteroatoms. The largest absolute Gasteiger partial charge is 0.206 e. The monoisotopic (exact) mass is 300 g/mol. The van der Waals surface area contributed by atoms with E-state index in [4.69, 9.17) is 11.6 Å². The topological polar surface area (TPSA) is 0 Å². The van der Waals surface area contributed by atoms with Crippen molar-refractivity contribution in [3.05, 3.63) is 33.0 Å². The van der Waals surface area contributed by atoms with Gasteiger partial charge in [0.2, 0.25) is 0 Å². The summed E-state index contributed by atoms with van der Waals surface area (Å²) in [5, 5.41) is 1.01. The molecule has 0 atom stereocenters. The van der Waals surface area contributed by atoms with Crippen LogP contribution in [0.4, 0.5) is 4.39 Å². The van der Waals surface area contributed by atoms with Crippen LogP contribution in [-0.2, 0) is 5.33 Å². The molecule has 0 spiro atoms. The Morgan fingerprint density at radius 2 is 2.09 bits per heavy atom. The molecule has 0 nitrogen and oxygen atoms in total. The molecule has 0 saturated carbocycles.